The zero-order valence-electron chi connectivity index (χ0n) is 11.0. The van der Waals surface area contributed by atoms with E-state index in [1.807, 2.05) is 42.5 Å². The summed E-state index contributed by atoms with van der Waals surface area (Å²) in [4.78, 5) is 3.91. The van der Waals surface area contributed by atoms with Crippen molar-refractivity contribution in [2.24, 2.45) is 0 Å². The van der Waals surface area contributed by atoms with Crippen molar-refractivity contribution in [1.82, 2.24) is 4.98 Å². The second-order valence-corrected chi connectivity index (χ2v) is 5.35. The Hall–Kier alpha value is -2.20. The number of pyridine rings is 1. The van der Waals surface area contributed by atoms with Gasteiger partial charge in [-0.15, -0.1) is 0 Å². The molecule has 0 unspecified atom stereocenters. The molecule has 21 heavy (non-hydrogen) atoms. The Morgan fingerprint density at radius 3 is 2.24 bits per heavy atom. The van der Waals surface area contributed by atoms with E-state index in [2.05, 4.69) is 20.9 Å². The number of halogens is 2. The first-order chi connectivity index (χ1) is 10.2. The van der Waals surface area contributed by atoms with Gasteiger partial charge in [0.15, 0.2) is 5.82 Å². The van der Waals surface area contributed by atoms with E-state index in [1.165, 1.54) is 12.3 Å². The predicted molar refractivity (Wildman–Crippen MR) is 83.8 cm³/mol. The van der Waals surface area contributed by atoms with Gasteiger partial charge in [-0.2, -0.15) is 0 Å². The largest absolute Gasteiger partial charge is 0.436 e. The van der Waals surface area contributed by atoms with Crippen LogP contribution in [0.3, 0.4) is 0 Å². The highest BCUT2D eigenvalue weighted by Crippen LogP contribution is 2.27. The molecule has 0 aliphatic heterocycles. The third kappa shape index (κ3) is 3.28. The smallest absolute Gasteiger partial charge is 0.255 e. The van der Waals surface area contributed by atoms with E-state index < -0.39 is 5.82 Å². The number of rotatable bonds is 3. The van der Waals surface area contributed by atoms with Crippen LogP contribution < -0.4 is 4.74 Å². The first kappa shape index (κ1) is 13.8. The van der Waals surface area contributed by atoms with Crippen molar-refractivity contribution in [3.63, 3.8) is 0 Å². The minimum Gasteiger partial charge on any atom is -0.436 e. The fourth-order valence-electron chi connectivity index (χ4n) is 1.93. The van der Waals surface area contributed by atoms with Gasteiger partial charge < -0.3 is 4.74 Å². The minimum absolute atomic E-state index is 0.0364. The zero-order valence-corrected chi connectivity index (χ0v) is 12.5. The van der Waals surface area contributed by atoms with E-state index in [4.69, 9.17) is 4.74 Å². The van der Waals surface area contributed by atoms with Gasteiger partial charge in [-0.1, -0.05) is 42.5 Å². The average molecular weight is 344 g/mol. The maximum absolute atomic E-state index is 13.7. The van der Waals surface area contributed by atoms with E-state index in [-0.39, 0.29) is 5.88 Å². The molecule has 0 saturated heterocycles. The minimum atomic E-state index is -0.503. The summed E-state index contributed by atoms with van der Waals surface area (Å²) in [5.41, 5.74) is 2.20. The number of aromatic nitrogens is 1. The molecule has 0 spiro atoms. The molecule has 0 atom stereocenters. The fraction of sp³-hybridized carbons (Fsp3) is 0. The number of hydrogen-bond donors (Lipinski definition) is 0. The molecule has 0 radical (unpaired) electrons. The van der Waals surface area contributed by atoms with Gasteiger partial charge in [0.1, 0.15) is 5.75 Å². The van der Waals surface area contributed by atoms with Gasteiger partial charge in [-0.3, -0.25) is 0 Å². The molecule has 0 aliphatic rings. The summed E-state index contributed by atoms with van der Waals surface area (Å²) in [5, 5.41) is 0. The van der Waals surface area contributed by atoms with Crippen molar-refractivity contribution in [3.8, 4) is 22.8 Å². The SMILES string of the molecule is Fc1cc(Br)cnc1Oc1ccc(-c2ccccc2)cc1. The van der Waals surface area contributed by atoms with Gasteiger partial charge >= 0.3 is 0 Å². The Balaban J connectivity index is 1.81. The summed E-state index contributed by atoms with van der Waals surface area (Å²) in [5.74, 6) is 0.00516. The predicted octanol–water partition coefficient (Wildman–Crippen LogP) is 5.44. The van der Waals surface area contributed by atoms with Crippen molar-refractivity contribution >= 4 is 15.9 Å². The first-order valence-corrected chi connectivity index (χ1v) is 7.16. The van der Waals surface area contributed by atoms with Crippen LogP contribution in [0.2, 0.25) is 0 Å². The summed E-state index contributed by atoms with van der Waals surface area (Å²) in [6, 6.07) is 18.8. The van der Waals surface area contributed by atoms with Crippen LogP contribution in [0.5, 0.6) is 11.6 Å². The highest BCUT2D eigenvalue weighted by molar-refractivity contribution is 9.10. The standard InChI is InChI=1S/C17H11BrFNO/c18-14-10-16(19)17(20-11-14)21-15-8-6-13(7-9-15)12-4-2-1-3-5-12/h1-11H. The van der Waals surface area contributed by atoms with Gasteiger partial charge in [0.05, 0.1) is 0 Å². The highest BCUT2D eigenvalue weighted by Gasteiger charge is 2.07. The molecule has 2 nitrogen and oxygen atoms in total. The van der Waals surface area contributed by atoms with Crippen molar-refractivity contribution in [2.75, 3.05) is 0 Å². The Labute approximate surface area is 130 Å². The normalized spacial score (nSPS) is 10.4. The van der Waals surface area contributed by atoms with Crippen molar-refractivity contribution < 1.29 is 9.13 Å². The maximum Gasteiger partial charge on any atom is 0.255 e. The lowest BCUT2D eigenvalue weighted by atomic mass is 10.1. The third-order valence-corrected chi connectivity index (χ3v) is 3.38. The topological polar surface area (TPSA) is 22.1 Å². The van der Waals surface area contributed by atoms with Crippen LogP contribution in [0.4, 0.5) is 4.39 Å². The molecule has 4 heteroatoms. The molecule has 0 bridgehead atoms. The zero-order chi connectivity index (χ0) is 14.7. The molecule has 0 fully saturated rings. The van der Waals surface area contributed by atoms with Gasteiger partial charge in [-0.25, -0.2) is 9.37 Å². The lowest BCUT2D eigenvalue weighted by Gasteiger charge is -2.07. The Morgan fingerprint density at radius 1 is 0.905 bits per heavy atom. The summed E-state index contributed by atoms with van der Waals surface area (Å²) < 4.78 is 19.7. The van der Waals surface area contributed by atoms with Gasteiger partial charge in [-0.05, 0) is 45.3 Å². The van der Waals surface area contributed by atoms with Crippen LogP contribution in [0.25, 0.3) is 11.1 Å². The molecule has 0 amide bonds. The quantitative estimate of drug-likeness (QED) is 0.631. The monoisotopic (exact) mass is 343 g/mol. The van der Waals surface area contributed by atoms with E-state index >= 15 is 0 Å². The number of nitrogens with zero attached hydrogens (tertiary/aromatic N) is 1. The molecule has 104 valence electrons. The van der Waals surface area contributed by atoms with Crippen LogP contribution in [0.15, 0.2) is 71.3 Å². The number of benzene rings is 2. The molecule has 0 saturated carbocycles. The first-order valence-electron chi connectivity index (χ1n) is 6.37. The van der Waals surface area contributed by atoms with E-state index in [9.17, 15) is 4.39 Å². The second-order valence-electron chi connectivity index (χ2n) is 4.43. The number of ether oxygens (including phenoxy) is 1. The Kier molecular flexibility index (Phi) is 3.97. The van der Waals surface area contributed by atoms with Gasteiger partial charge in [0.25, 0.3) is 5.88 Å². The number of hydrogen-bond acceptors (Lipinski definition) is 2. The molecule has 0 N–H and O–H groups in total. The maximum atomic E-state index is 13.7. The van der Waals surface area contributed by atoms with Crippen molar-refractivity contribution in [3.05, 3.63) is 77.2 Å². The second kappa shape index (κ2) is 6.06. The van der Waals surface area contributed by atoms with Gasteiger partial charge in [0.2, 0.25) is 0 Å². The van der Waals surface area contributed by atoms with Crippen LogP contribution in [0, 0.1) is 5.82 Å². The van der Waals surface area contributed by atoms with E-state index in [0.717, 1.165) is 11.1 Å². The molecule has 1 aromatic heterocycles. The summed E-state index contributed by atoms with van der Waals surface area (Å²) in [6.07, 6.45) is 1.50. The van der Waals surface area contributed by atoms with Crippen molar-refractivity contribution in [2.45, 2.75) is 0 Å². The molecule has 1 heterocycles. The molecule has 3 aromatic rings. The van der Waals surface area contributed by atoms with Crippen LogP contribution in [-0.2, 0) is 0 Å². The van der Waals surface area contributed by atoms with Crippen LogP contribution >= 0.6 is 15.9 Å². The van der Waals surface area contributed by atoms with E-state index in [1.54, 1.807) is 12.1 Å². The summed E-state index contributed by atoms with van der Waals surface area (Å²) in [6.45, 7) is 0. The summed E-state index contributed by atoms with van der Waals surface area (Å²) >= 11 is 3.16. The Bertz CT molecular complexity index is 744. The van der Waals surface area contributed by atoms with Gasteiger partial charge in [0, 0.05) is 10.7 Å². The lowest BCUT2D eigenvalue weighted by molar-refractivity contribution is 0.422. The molecular formula is C17H11BrFNO. The summed E-state index contributed by atoms with van der Waals surface area (Å²) in [7, 11) is 0. The average Bonchev–Trinajstić information content (AvgIpc) is 2.52. The Morgan fingerprint density at radius 2 is 1.57 bits per heavy atom. The molecule has 0 aliphatic carbocycles. The molecular weight excluding hydrogens is 333 g/mol. The molecule has 2 aromatic carbocycles. The third-order valence-electron chi connectivity index (χ3n) is 2.95. The fourth-order valence-corrected chi connectivity index (χ4v) is 2.24. The van der Waals surface area contributed by atoms with E-state index in [0.29, 0.717) is 10.2 Å². The lowest BCUT2D eigenvalue weighted by Crippen LogP contribution is -1.91. The van der Waals surface area contributed by atoms with Crippen LogP contribution in [-0.4, -0.2) is 4.98 Å². The highest BCUT2D eigenvalue weighted by atomic mass is 79.9. The van der Waals surface area contributed by atoms with Crippen molar-refractivity contribution in [1.29, 1.82) is 0 Å². The molecule has 3 rings (SSSR count). The van der Waals surface area contributed by atoms with Crippen LogP contribution in [0.1, 0.15) is 0 Å².